The Labute approximate surface area is 203 Å². The lowest BCUT2D eigenvalue weighted by Gasteiger charge is -2.25. The van der Waals surface area contributed by atoms with Crippen LogP contribution in [0.2, 0.25) is 10.0 Å². The van der Waals surface area contributed by atoms with Crippen LogP contribution in [0.3, 0.4) is 0 Å². The first kappa shape index (κ1) is 25.1. The van der Waals surface area contributed by atoms with Crippen molar-refractivity contribution in [2.75, 3.05) is 26.9 Å². The molecule has 1 fully saturated rings. The van der Waals surface area contributed by atoms with Gasteiger partial charge in [-0.1, -0.05) is 42.6 Å². The van der Waals surface area contributed by atoms with Gasteiger partial charge in [0, 0.05) is 19.2 Å². The summed E-state index contributed by atoms with van der Waals surface area (Å²) in [6, 6.07) is 9.24. The van der Waals surface area contributed by atoms with Crippen molar-refractivity contribution >= 4 is 40.7 Å². The van der Waals surface area contributed by atoms with Crippen molar-refractivity contribution in [1.82, 2.24) is 4.90 Å². The highest BCUT2D eigenvalue weighted by atomic mass is 35.5. The van der Waals surface area contributed by atoms with E-state index in [1.165, 1.54) is 12.0 Å². The largest absolute Gasteiger partial charge is 0.507 e. The third kappa shape index (κ3) is 5.35. The van der Waals surface area contributed by atoms with Gasteiger partial charge in [0.1, 0.15) is 11.5 Å². The van der Waals surface area contributed by atoms with Crippen LogP contribution in [-0.2, 0) is 14.3 Å². The second-order valence-corrected chi connectivity index (χ2v) is 8.66. The average molecular weight is 492 g/mol. The Bertz CT molecular complexity index is 1080. The monoisotopic (exact) mass is 491 g/mol. The van der Waals surface area contributed by atoms with Crippen LogP contribution >= 0.6 is 23.2 Å². The molecule has 2 aromatic carbocycles. The highest BCUT2D eigenvalue weighted by Gasteiger charge is 2.46. The van der Waals surface area contributed by atoms with E-state index in [0.717, 1.165) is 18.4 Å². The Kier molecular flexibility index (Phi) is 8.40. The summed E-state index contributed by atoms with van der Waals surface area (Å²) in [7, 11) is 1.51. The minimum atomic E-state index is -0.823. The van der Waals surface area contributed by atoms with Gasteiger partial charge >= 0.3 is 0 Å². The van der Waals surface area contributed by atoms with Gasteiger partial charge in [0.15, 0.2) is 0 Å². The molecule has 8 heteroatoms. The van der Waals surface area contributed by atoms with Gasteiger partial charge in [0.2, 0.25) is 0 Å². The molecule has 1 atom stereocenters. The van der Waals surface area contributed by atoms with Crippen LogP contribution in [0.5, 0.6) is 5.75 Å². The van der Waals surface area contributed by atoms with Gasteiger partial charge in [-0.05, 0) is 54.8 Å². The lowest BCUT2D eigenvalue weighted by Crippen LogP contribution is -2.32. The summed E-state index contributed by atoms with van der Waals surface area (Å²) >= 11 is 12.3. The maximum atomic E-state index is 13.0. The Balaban J connectivity index is 2.08. The number of carbonyl (C=O) groups is 2. The Morgan fingerprint density at radius 3 is 2.48 bits per heavy atom. The maximum Gasteiger partial charge on any atom is 0.295 e. The van der Waals surface area contributed by atoms with Gasteiger partial charge in [0.05, 0.1) is 34.9 Å². The number of benzene rings is 2. The van der Waals surface area contributed by atoms with E-state index >= 15 is 0 Å². The molecule has 0 radical (unpaired) electrons. The van der Waals surface area contributed by atoms with Gasteiger partial charge < -0.3 is 19.5 Å². The van der Waals surface area contributed by atoms with E-state index in [4.69, 9.17) is 32.7 Å². The van der Waals surface area contributed by atoms with Crippen molar-refractivity contribution < 1.29 is 24.2 Å². The van der Waals surface area contributed by atoms with Crippen molar-refractivity contribution in [2.24, 2.45) is 0 Å². The van der Waals surface area contributed by atoms with Crippen LogP contribution in [0.4, 0.5) is 0 Å². The lowest BCUT2D eigenvalue weighted by atomic mass is 9.95. The molecule has 3 rings (SSSR count). The van der Waals surface area contributed by atoms with Crippen LogP contribution in [0.15, 0.2) is 42.0 Å². The summed E-state index contributed by atoms with van der Waals surface area (Å²) in [5.41, 5.74) is 1.80. The first-order valence-corrected chi connectivity index (χ1v) is 11.5. The molecule has 0 spiro atoms. The maximum absolute atomic E-state index is 13.0. The summed E-state index contributed by atoms with van der Waals surface area (Å²) < 4.78 is 10.9. The highest BCUT2D eigenvalue weighted by molar-refractivity contribution is 6.46. The molecule has 0 aromatic heterocycles. The normalized spacial score (nSPS) is 17.6. The van der Waals surface area contributed by atoms with E-state index in [-0.39, 0.29) is 29.5 Å². The molecular formula is C25H27Cl2NO5. The van der Waals surface area contributed by atoms with Crippen molar-refractivity contribution in [3.63, 3.8) is 0 Å². The number of amides is 1. The zero-order chi connectivity index (χ0) is 24.1. The Hall–Kier alpha value is -2.54. The first-order chi connectivity index (χ1) is 15.8. The molecule has 33 heavy (non-hydrogen) atoms. The number of Topliss-reactive ketones (excluding diaryl/α,β-unsaturated/α-hetero) is 1. The Morgan fingerprint density at radius 1 is 1.09 bits per heavy atom. The predicted octanol–water partition coefficient (Wildman–Crippen LogP) is 5.55. The molecule has 1 heterocycles. The lowest BCUT2D eigenvalue weighted by molar-refractivity contribution is -0.140. The zero-order valence-corrected chi connectivity index (χ0v) is 20.4. The number of halogens is 2. The SMILES string of the molecule is CCCCOc1ccc(/C(O)=C2\C(=O)C(=O)N(CCOC)[C@@H]2c2ccc(Cl)c(Cl)c2)cc1C. The number of ether oxygens (including phenoxy) is 2. The zero-order valence-electron chi connectivity index (χ0n) is 18.9. The molecule has 0 saturated carbocycles. The molecule has 1 amide bonds. The van der Waals surface area contributed by atoms with Crippen molar-refractivity contribution in [2.45, 2.75) is 32.7 Å². The third-order valence-corrected chi connectivity index (χ3v) is 6.28. The number of hydrogen-bond acceptors (Lipinski definition) is 5. The summed E-state index contributed by atoms with van der Waals surface area (Å²) in [5, 5.41) is 11.8. The number of likely N-dealkylation sites (tertiary alicyclic amines) is 1. The van der Waals surface area contributed by atoms with E-state index in [1.807, 2.05) is 6.92 Å². The van der Waals surface area contributed by atoms with E-state index < -0.39 is 17.7 Å². The van der Waals surface area contributed by atoms with Gasteiger partial charge in [0.25, 0.3) is 11.7 Å². The number of hydrogen-bond donors (Lipinski definition) is 1. The second kappa shape index (κ2) is 11.1. The molecule has 0 bridgehead atoms. The molecular weight excluding hydrogens is 465 g/mol. The second-order valence-electron chi connectivity index (χ2n) is 7.84. The minimum Gasteiger partial charge on any atom is -0.507 e. The molecule has 176 valence electrons. The van der Waals surface area contributed by atoms with E-state index in [1.54, 1.807) is 36.4 Å². The number of aliphatic hydroxyl groups excluding tert-OH is 1. The first-order valence-electron chi connectivity index (χ1n) is 10.8. The van der Waals surface area contributed by atoms with E-state index in [9.17, 15) is 14.7 Å². The molecule has 1 N–H and O–H groups in total. The highest BCUT2D eigenvalue weighted by Crippen LogP contribution is 2.41. The Morgan fingerprint density at radius 2 is 1.85 bits per heavy atom. The van der Waals surface area contributed by atoms with Crippen molar-refractivity contribution in [3.05, 3.63) is 68.7 Å². The number of carbonyl (C=O) groups excluding carboxylic acids is 2. The molecule has 1 aliphatic rings. The summed E-state index contributed by atoms with van der Waals surface area (Å²) in [6.45, 7) is 4.96. The molecule has 0 unspecified atom stereocenters. The number of methoxy groups -OCH3 is 1. The summed E-state index contributed by atoms with van der Waals surface area (Å²) in [5.74, 6) is -1.02. The minimum absolute atomic E-state index is 0.00598. The molecule has 0 aliphatic carbocycles. The van der Waals surface area contributed by atoms with Gasteiger partial charge in [-0.2, -0.15) is 0 Å². The number of aryl methyl sites for hydroxylation is 1. The van der Waals surface area contributed by atoms with Gasteiger partial charge in [-0.3, -0.25) is 9.59 Å². The van der Waals surface area contributed by atoms with Crippen LogP contribution in [0, 0.1) is 6.92 Å². The number of rotatable bonds is 9. The van der Waals surface area contributed by atoms with Gasteiger partial charge in [-0.25, -0.2) is 0 Å². The smallest absolute Gasteiger partial charge is 0.295 e. The molecule has 6 nitrogen and oxygen atoms in total. The number of aliphatic hydroxyl groups is 1. The van der Waals surface area contributed by atoms with E-state index in [0.29, 0.717) is 28.5 Å². The summed E-state index contributed by atoms with van der Waals surface area (Å²) in [4.78, 5) is 27.3. The van der Waals surface area contributed by atoms with Crippen molar-refractivity contribution in [3.8, 4) is 5.75 Å². The van der Waals surface area contributed by atoms with Crippen LogP contribution in [0.25, 0.3) is 5.76 Å². The van der Waals surface area contributed by atoms with Crippen molar-refractivity contribution in [1.29, 1.82) is 0 Å². The van der Waals surface area contributed by atoms with Crippen LogP contribution < -0.4 is 4.74 Å². The molecule has 2 aromatic rings. The quantitative estimate of drug-likeness (QED) is 0.215. The number of ketones is 1. The molecule has 1 saturated heterocycles. The number of nitrogens with zero attached hydrogens (tertiary/aromatic N) is 1. The fourth-order valence-corrected chi connectivity index (χ4v) is 4.08. The number of unbranched alkanes of at least 4 members (excludes halogenated alkanes) is 1. The average Bonchev–Trinajstić information content (AvgIpc) is 3.05. The fourth-order valence-electron chi connectivity index (χ4n) is 3.77. The van der Waals surface area contributed by atoms with Crippen LogP contribution in [-0.4, -0.2) is 48.6 Å². The van der Waals surface area contributed by atoms with E-state index in [2.05, 4.69) is 6.92 Å². The van der Waals surface area contributed by atoms with Crippen LogP contribution in [0.1, 0.15) is 42.5 Å². The standard InChI is InChI=1S/C25H27Cl2NO5/c1-4-5-11-33-20-9-7-17(13-15(20)2)23(29)21-22(16-6-8-18(26)19(27)14-16)28(10-12-32-3)25(31)24(21)30/h6-9,13-14,22,29H,4-5,10-12H2,1-3H3/b23-21+/t22-/m1/s1. The fraction of sp³-hybridized carbons (Fsp3) is 0.360. The topological polar surface area (TPSA) is 76.1 Å². The summed E-state index contributed by atoms with van der Waals surface area (Å²) in [6.07, 6.45) is 1.96. The predicted molar refractivity (Wildman–Crippen MR) is 129 cm³/mol. The van der Waals surface area contributed by atoms with Gasteiger partial charge in [-0.15, -0.1) is 0 Å². The molecule has 1 aliphatic heterocycles. The third-order valence-electron chi connectivity index (χ3n) is 5.54.